The van der Waals surface area contributed by atoms with Gasteiger partial charge >= 0.3 is 46.9 Å². The minimum atomic E-state index is -5.84. The standard InChI is InChI=1S/C16H19F3N2O4S.C15H17F3N2O3S.CHF3O3S/c1-24-10-9-21-7-5-12(6-8-21)13-3-2-4-15(14(13)11-20)25-26(22,23)16(17,18)19;1-2-20-8-6-11(7-9-20)12-4-3-5-14(13(12)10-19)23-24(21,22)15(16,17)18;2-1(3,4)8(5,6)7/h2-4,12H,5-10H2,1H3;3-5,11H,2,6-9H2,1H3;(H,5,6,7). The van der Waals surface area contributed by atoms with E-state index < -0.39 is 58.4 Å². The average molecular weight is 905 g/mol. The first-order chi connectivity index (χ1) is 26.6. The van der Waals surface area contributed by atoms with Gasteiger partial charge in [0, 0.05) is 13.7 Å². The fourth-order valence-corrected chi connectivity index (χ4v) is 6.67. The Labute approximate surface area is 328 Å². The lowest BCUT2D eigenvalue weighted by Crippen LogP contribution is -2.35. The monoisotopic (exact) mass is 904 g/mol. The number of methoxy groups -OCH3 is 1. The summed E-state index contributed by atoms with van der Waals surface area (Å²) in [4.78, 5) is 4.43. The van der Waals surface area contributed by atoms with Crippen molar-refractivity contribution in [3.8, 4) is 23.6 Å². The summed E-state index contributed by atoms with van der Waals surface area (Å²) in [5, 5.41) is 18.7. The summed E-state index contributed by atoms with van der Waals surface area (Å²) in [6.07, 6.45) is 2.90. The molecule has 4 rings (SSSR count). The largest absolute Gasteiger partial charge is 0.534 e. The Kier molecular flexibility index (Phi) is 17.6. The van der Waals surface area contributed by atoms with E-state index in [9.17, 15) is 66.9 Å². The Bertz CT molecular complexity index is 2110. The number of ether oxygens (including phenoxy) is 1. The molecule has 326 valence electrons. The van der Waals surface area contributed by atoms with Crippen LogP contribution >= 0.6 is 0 Å². The van der Waals surface area contributed by atoms with E-state index >= 15 is 0 Å². The van der Waals surface area contributed by atoms with E-state index in [0.717, 1.165) is 64.2 Å². The lowest BCUT2D eigenvalue weighted by molar-refractivity contribution is -0.0512. The third-order valence-electron chi connectivity index (χ3n) is 8.71. The van der Waals surface area contributed by atoms with Crippen LogP contribution in [0.15, 0.2) is 36.4 Å². The van der Waals surface area contributed by atoms with E-state index in [1.165, 1.54) is 12.1 Å². The normalized spacial score (nSPS) is 16.8. The van der Waals surface area contributed by atoms with Crippen LogP contribution in [-0.2, 0) is 35.1 Å². The quantitative estimate of drug-likeness (QED) is 0.126. The lowest BCUT2D eigenvalue weighted by Gasteiger charge is -2.32. The van der Waals surface area contributed by atoms with Crippen LogP contribution in [0, 0.1) is 22.7 Å². The van der Waals surface area contributed by atoms with Crippen molar-refractivity contribution < 1.29 is 82.4 Å². The Hall–Kier alpha value is -3.92. The molecule has 0 saturated carbocycles. The number of likely N-dealkylation sites (tertiary alicyclic amines) is 2. The van der Waals surface area contributed by atoms with E-state index in [2.05, 4.69) is 18.2 Å². The molecule has 2 aliphatic rings. The topological polar surface area (TPSA) is 204 Å². The number of piperidine rings is 2. The van der Waals surface area contributed by atoms with Gasteiger partial charge in [0.1, 0.15) is 12.1 Å². The molecular weight excluding hydrogens is 868 g/mol. The van der Waals surface area contributed by atoms with Gasteiger partial charge in [0.25, 0.3) is 0 Å². The molecule has 0 atom stereocenters. The van der Waals surface area contributed by atoms with Crippen molar-refractivity contribution in [2.24, 2.45) is 0 Å². The van der Waals surface area contributed by atoms with Gasteiger partial charge in [-0.15, -0.1) is 0 Å². The predicted octanol–water partition coefficient (Wildman–Crippen LogP) is 5.99. The van der Waals surface area contributed by atoms with Crippen LogP contribution < -0.4 is 8.37 Å². The number of hydrogen-bond acceptors (Lipinski definition) is 13. The summed E-state index contributed by atoms with van der Waals surface area (Å²) in [6.45, 7) is 7.47. The van der Waals surface area contributed by atoms with Crippen LogP contribution in [0.1, 0.15) is 66.7 Å². The molecule has 0 amide bonds. The zero-order valence-electron chi connectivity index (χ0n) is 30.4. The summed E-state index contributed by atoms with van der Waals surface area (Å²) >= 11 is 0. The molecule has 58 heavy (non-hydrogen) atoms. The molecule has 1 N–H and O–H groups in total. The smallest absolute Gasteiger partial charge is 0.383 e. The van der Waals surface area contributed by atoms with Gasteiger partial charge < -0.3 is 22.9 Å². The van der Waals surface area contributed by atoms with Crippen LogP contribution in [0.3, 0.4) is 0 Å². The highest BCUT2D eigenvalue weighted by Gasteiger charge is 2.50. The molecule has 0 bridgehead atoms. The molecule has 26 heteroatoms. The zero-order chi connectivity index (χ0) is 44.3. The SMILES string of the molecule is CCN1CCC(c2cccc(OS(=O)(=O)C(F)(F)F)c2C#N)CC1.COCCN1CCC(c2cccc(OS(=O)(=O)C(F)(F)F)c2C#N)CC1.O=S(=O)(O)C(F)(F)F. The van der Waals surface area contributed by atoms with Crippen molar-refractivity contribution in [1.82, 2.24) is 9.80 Å². The maximum absolute atomic E-state index is 12.5. The number of benzene rings is 2. The van der Waals surface area contributed by atoms with Gasteiger partial charge in [-0.2, -0.15) is 75.3 Å². The third kappa shape index (κ3) is 13.8. The highest BCUT2D eigenvalue weighted by Crippen LogP contribution is 2.38. The summed E-state index contributed by atoms with van der Waals surface area (Å²) in [6, 6.07) is 11.8. The molecule has 2 aromatic rings. The van der Waals surface area contributed by atoms with Crippen LogP contribution in [0.5, 0.6) is 11.5 Å². The van der Waals surface area contributed by atoms with Crippen molar-refractivity contribution in [2.45, 2.75) is 61.0 Å². The van der Waals surface area contributed by atoms with E-state index in [0.29, 0.717) is 30.6 Å². The van der Waals surface area contributed by atoms with Gasteiger partial charge in [0.05, 0.1) is 17.7 Å². The first-order valence-corrected chi connectivity index (χ1v) is 20.9. The van der Waals surface area contributed by atoms with Crippen LogP contribution in [0.25, 0.3) is 0 Å². The minimum absolute atomic E-state index is 0.0143. The highest BCUT2D eigenvalue weighted by molar-refractivity contribution is 7.88. The molecule has 0 spiro atoms. The van der Waals surface area contributed by atoms with Crippen LogP contribution in [0.4, 0.5) is 39.5 Å². The average Bonchev–Trinajstić information content (AvgIpc) is 3.12. The summed E-state index contributed by atoms with van der Waals surface area (Å²) in [5.41, 5.74) is -15.9. The van der Waals surface area contributed by atoms with Gasteiger partial charge in [0.15, 0.2) is 11.5 Å². The third-order valence-corrected chi connectivity index (χ3v) is 11.2. The maximum Gasteiger partial charge on any atom is 0.534 e. The zero-order valence-corrected chi connectivity index (χ0v) is 32.9. The number of alkyl halides is 9. The Morgan fingerprint density at radius 2 is 1.02 bits per heavy atom. The van der Waals surface area contributed by atoms with E-state index in [4.69, 9.17) is 17.7 Å². The van der Waals surface area contributed by atoms with Crippen molar-refractivity contribution >= 4 is 30.4 Å². The van der Waals surface area contributed by atoms with Crippen molar-refractivity contribution in [1.29, 1.82) is 10.5 Å². The molecule has 2 aromatic carbocycles. The number of nitrogens with zero attached hydrogens (tertiary/aromatic N) is 4. The minimum Gasteiger partial charge on any atom is -0.383 e. The van der Waals surface area contributed by atoms with Gasteiger partial charge in [-0.1, -0.05) is 31.2 Å². The maximum atomic E-state index is 12.5. The molecule has 0 radical (unpaired) electrons. The number of halogens is 9. The second-order valence-corrected chi connectivity index (χ2v) is 16.9. The number of rotatable bonds is 10. The summed E-state index contributed by atoms with van der Waals surface area (Å²) in [5.74, 6) is -1.24. The highest BCUT2D eigenvalue weighted by atomic mass is 32.2. The molecule has 2 heterocycles. The van der Waals surface area contributed by atoms with E-state index in [-0.39, 0.29) is 23.0 Å². The number of nitriles is 2. The molecule has 0 unspecified atom stereocenters. The molecular formula is C32H37F9N4O10S3. The summed E-state index contributed by atoms with van der Waals surface area (Å²) < 4.78 is 191. The van der Waals surface area contributed by atoms with Gasteiger partial charge in [-0.05, 0) is 93.5 Å². The van der Waals surface area contributed by atoms with Crippen molar-refractivity contribution in [2.75, 3.05) is 53.0 Å². The molecule has 0 aliphatic carbocycles. The molecule has 0 aromatic heterocycles. The Morgan fingerprint density at radius 1 is 0.672 bits per heavy atom. The van der Waals surface area contributed by atoms with Crippen LogP contribution in [-0.4, -0.2) is 109 Å². The second kappa shape index (κ2) is 20.4. The van der Waals surface area contributed by atoms with Gasteiger partial charge in [-0.3, -0.25) is 4.55 Å². The Balaban J connectivity index is 0.000000338. The van der Waals surface area contributed by atoms with Gasteiger partial charge in [0.2, 0.25) is 0 Å². The van der Waals surface area contributed by atoms with Crippen molar-refractivity contribution in [3.63, 3.8) is 0 Å². The first-order valence-electron chi connectivity index (χ1n) is 16.7. The summed E-state index contributed by atoms with van der Waals surface area (Å²) in [7, 11) is -15.8. The molecule has 14 nitrogen and oxygen atoms in total. The van der Waals surface area contributed by atoms with E-state index in [1.807, 2.05) is 6.92 Å². The fraction of sp³-hybridized carbons (Fsp3) is 0.562. The van der Waals surface area contributed by atoms with E-state index in [1.54, 1.807) is 31.4 Å². The molecule has 2 saturated heterocycles. The second-order valence-electron chi connectivity index (χ2n) is 12.4. The van der Waals surface area contributed by atoms with Gasteiger partial charge in [-0.25, -0.2) is 0 Å². The Morgan fingerprint density at radius 3 is 1.29 bits per heavy atom. The first kappa shape index (κ1) is 50.2. The fourth-order valence-electron chi connectivity index (χ4n) is 5.73. The lowest BCUT2D eigenvalue weighted by atomic mass is 9.86. The van der Waals surface area contributed by atoms with Crippen LogP contribution in [0.2, 0.25) is 0 Å². The predicted molar refractivity (Wildman–Crippen MR) is 186 cm³/mol. The van der Waals surface area contributed by atoms with Crippen molar-refractivity contribution in [3.05, 3.63) is 58.7 Å². The molecule has 2 aliphatic heterocycles. The molecule has 2 fully saturated rings. The number of hydrogen-bond donors (Lipinski definition) is 1.